The fraction of sp³-hybridized carbons (Fsp3) is 0.467. The van der Waals surface area contributed by atoms with Gasteiger partial charge in [0, 0.05) is 31.6 Å². The number of piperidine rings is 1. The van der Waals surface area contributed by atoms with Crippen molar-refractivity contribution < 1.29 is 4.42 Å². The van der Waals surface area contributed by atoms with Gasteiger partial charge in [0.1, 0.15) is 5.82 Å². The number of nitrogens with zero attached hydrogens (tertiary/aromatic N) is 6. The fourth-order valence-corrected chi connectivity index (χ4v) is 3.02. The zero-order valence-electron chi connectivity index (χ0n) is 12.5. The Balaban J connectivity index is 1.60. The van der Waals surface area contributed by atoms with Crippen LogP contribution < -0.4 is 4.90 Å². The lowest BCUT2D eigenvalue weighted by Crippen LogP contribution is -2.35. The standard InChI is InChI=1S/C15H18N6O/c1-2-13-17-19-15(22-13)20-8-5-6-11(10-20)14-18-16-12-7-3-4-9-21(12)14/h3-4,7,9,11H,2,5-6,8,10H2,1H3/t11-/m0/s1. The molecule has 7 nitrogen and oxygen atoms in total. The Morgan fingerprint density at radius 1 is 1.23 bits per heavy atom. The number of hydrogen-bond acceptors (Lipinski definition) is 6. The summed E-state index contributed by atoms with van der Waals surface area (Å²) in [4.78, 5) is 2.16. The van der Waals surface area contributed by atoms with Crippen LogP contribution in [0.25, 0.3) is 5.65 Å². The van der Waals surface area contributed by atoms with E-state index in [9.17, 15) is 0 Å². The van der Waals surface area contributed by atoms with Gasteiger partial charge in [-0.2, -0.15) is 0 Å². The molecule has 3 aromatic rings. The predicted octanol–water partition coefficient (Wildman–Crippen LogP) is 2.06. The summed E-state index contributed by atoms with van der Waals surface area (Å²) in [6.45, 7) is 3.79. The Kier molecular flexibility index (Phi) is 3.25. The first-order chi connectivity index (χ1) is 10.8. The molecule has 0 aromatic carbocycles. The minimum Gasteiger partial charge on any atom is -0.408 e. The van der Waals surface area contributed by atoms with Gasteiger partial charge >= 0.3 is 6.01 Å². The summed E-state index contributed by atoms with van der Waals surface area (Å²) >= 11 is 0. The number of aryl methyl sites for hydroxylation is 1. The van der Waals surface area contributed by atoms with Crippen LogP contribution in [-0.4, -0.2) is 37.9 Å². The molecule has 0 aliphatic carbocycles. The molecule has 0 unspecified atom stereocenters. The third-order valence-electron chi connectivity index (χ3n) is 4.16. The van der Waals surface area contributed by atoms with Gasteiger partial charge in [0.2, 0.25) is 5.89 Å². The van der Waals surface area contributed by atoms with Crippen LogP contribution in [-0.2, 0) is 6.42 Å². The topological polar surface area (TPSA) is 72.4 Å². The molecule has 3 aromatic heterocycles. The van der Waals surface area contributed by atoms with Crippen LogP contribution in [0, 0.1) is 0 Å². The van der Waals surface area contributed by atoms with Gasteiger partial charge < -0.3 is 9.32 Å². The van der Waals surface area contributed by atoms with E-state index in [-0.39, 0.29) is 0 Å². The van der Waals surface area contributed by atoms with Crippen molar-refractivity contribution in [1.29, 1.82) is 0 Å². The highest BCUT2D eigenvalue weighted by Gasteiger charge is 2.27. The normalized spacial score (nSPS) is 19.0. The summed E-state index contributed by atoms with van der Waals surface area (Å²) in [6, 6.07) is 6.58. The zero-order valence-corrected chi connectivity index (χ0v) is 12.5. The minimum absolute atomic E-state index is 0.322. The van der Waals surface area contributed by atoms with E-state index in [1.165, 1.54) is 0 Å². The van der Waals surface area contributed by atoms with Crippen molar-refractivity contribution in [2.24, 2.45) is 0 Å². The first-order valence-corrected chi connectivity index (χ1v) is 7.72. The van der Waals surface area contributed by atoms with E-state index in [0.717, 1.165) is 43.8 Å². The number of fused-ring (bicyclic) bond motifs is 1. The summed E-state index contributed by atoms with van der Waals surface area (Å²) in [7, 11) is 0. The third-order valence-corrected chi connectivity index (χ3v) is 4.16. The Bertz CT molecular complexity index is 779. The van der Waals surface area contributed by atoms with Crippen LogP contribution in [0.4, 0.5) is 6.01 Å². The van der Waals surface area contributed by atoms with E-state index in [4.69, 9.17) is 4.42 Å². The molecule has 22 heavy (non-hydrogen) atoms. The van der Waals surface area contributed by atoms with Crippen LogP contribution in [0.1, 0.15) is 37.4 Å². The smallest absolute Gasteiger partial charge is 0.318 e. The molecule has 1 atom stereocenters. The highest BCUT2D eigenvalue weighted by molar-refractivity contribution is 5.38. The van der Waals surface area contributed by atoms with Gasteiger partial charge in [-0.15, -0.1) is 15.3 Å². The summed E-state index contributed by atoms with van der Waals surface area (Å²) in [5, 5.41) is 16.9. The Labute approximate surface area is 128 Å². The molecule has 0 bridgehead atoms. The Morgan fingerprint density at radius 2 is 2.18 bits per heavy atom. The minimum atomic E-state index is 0.322. The van der Waals surface area contributed by atoms with Gasteiger partial charge in [0.05, 0.1) is 0 Å². The van der Waals surface area contributed by atoms with Crippen molar-refractivity contribution >= 4 is 11.7 Å². The maximum atomic E-state index is 5.69. The summed E-state index contributed by atoms with van der Waals surface area (Å²) < 4.78 is 7.76. The zero-order chi connectivity index (χ0) is 14.9. The highest BCUT2D eigenvalue weighted by atomic mass is 16.4. The maximum Gasteiger partial charge on any atom is 0.318 e. The Hall–Kier alpha value is -2.44. The van der Waals surface area contributed by atoms with E-state index in [0.29, 0.717) is 17.8 Å². The van der Waals surface area contributed by atoms with Crippen LogP contribution in [0.15, 0.2) is 28.8 Å². The van der Waals surface area contributed by atoms with E-state index in [1.54, 1.807) is 0 Å². The van der Waals surface area contributed by atoms with Crippen molar-refractivity contribution in [3.8, 4) is 0 Å². The molecule has 0 saturated carbocycles. The third kappa shape index (κ3) is 2.22. The van der Waals surface area contributed by atoms with E-state index >= 15 is 0 Å². The predicted molar refractivity (Wildman–Crippen MR) is 80.9 cm³/mol. The second-order valence-corrected chi connectivity index (χ2v) is 5.60. The summed E-state index contributed by atoms with van der Waals surface area (Å²) in [5.41, 5.74) is 0.890. The molecular formula is C15H18N6O. The van der Waals surface area contributed by atoms with Gasteiger partial charge in [-0.1, -0.05) is 18.1 Å². The molecule has 1 fully saturated rings. The van der Waals surface area contributed by atoms with Crippen molar-refractivity contribution in [3.63, 3.8) is 0 Å². The number of rotatable bonds is 3. The molecule has 4 heterocycles. The first-order valence-electron chi connectivity index (χ1n) is 7.72. The van der Waals surface area contributed by atoms with Gasteiger partial charge in [-0.05, 0) is 25.0 Å². The molecule has 7 heteroatoms. The second-order valence-electron chi connectivity index (χ2n) is 5.60. The monoisotopic (exact) mass is 298 g/mol. The fourth-order valence-electron chi connectivity index (χ4n) is 3.02. The van der Waals surface area contributed by atoms with Crippen molar-refractivity contribution in [2.45, 2.75) is 32.1 Å². The van der Waals surface area contributed by atoms with E-state index < -0.39 is 0 Å². The molecule has 1 aliphatic rings. The van der Waals surface area contributed by atoms with Crippen LogP contribution in [0.3, 0.4) is 0 Å². The number of anilines is 1. The lowest BCUT2D eigenvalue weighted by molar-refractivity contribution is 0.434. The molecule has 0 radical (unpaired) electrons. The summed E-state index contributed by atoms with van der Waals surface area (Å²) in [6.07, 6.45) is 4.96. The van der Waals surface area contributed by atoms with Gasteiger partial charge in [0.15, 0.2) is 5.65 Å². The highest BCUT2D eigenvalue weighted by Crippen LogP contribution is 2.28. The van der Waals surface area contributed by atoms with Gasteiger partial charge in [-0.3, -0.25) is 4.40 Å². The van der Waals surface area contributed by atoms with Crippen LogP contribution in [0.5, 0.6) is 0 Å². The average Bonchev–Trinajstić information content (AvgIpc) is 3.22. The molecule has 0 amide bonds. The molecule has 1 saturated heterocycles. The Morgan fingerprint density at radius 3 is 3.05 bits per heavy atom. The largest absolute Gasteiger partial charge is 0.408 e. The van der Waals surface area contributed by atoms with E-state index in [1.807, 2.05) is 31.3 Å². The quantitative estimate of drug-likeness (QED) is 0.737. The molecule has 114 valence electrons. The van der Waals surface area contributed by atoms with Gasteiger partial charge in [0.25, 0.3) is 0 Å². The lowest BCUT2D eigenvalue weighted by Gasteiger charge is -2.30. The van der Waals surface area contributed by atoms with Crippen molar-refractivity contribution in [1.82, 2.24) is 24.8 Å². The molecule has 4 rings (SSSR count). The summed E-state index contributed by atoms with van der Waals surface area (Å²) in [5.74, 6) is 2.02. The second kappa shape index (κ2) is 5.40. The molecular weight excluding hydrogens is 280 g/mol. The number of hydrogen-bond donors (Lipinski definition) is 0. The SMILES string of the molecule is CCc1nnc(N2CCC[C@H](c3nnc4ccccn34)C2)o1. The van der Waals surface area contributed by atoms with Gasteiger partial charge in [-0.25, -0.2) is 0 Å². The maximum absolute atomic E-state index is 5.69. The molecule has 0 N–H and O–H groups in total. The van der Waals surface area contributed by atoms with E-state index in [2.05, 4.69) is 29.7 Å². The average molecular weight is 298 g/mol. The van der Waals surface area contributed by atoms with Crippen molar-refractivity contribution in [2.75, 3.05) is 18.0 Å². The van der Waals surface area contributed by atoms with Crippen molar-refractivity contribution in [3.05, 3.63) is 36.1 Å². The lowest BCUT2D eigenvalue weighted by atomic mass is 9.97. The first kappa shape index (κ1) is 13.2. The van der Waals surface area contributed by atoms with Crippen LogP contribution >= 0.6 is 0 Å². The van der Waals surface area contributed by atoms with Crippen LogP contribution in [0.2, 0.25) is 0 Å². The number of aromatic nitrogens is 5. The molecule has 1 aliphatic heterocycles. The molecule has 0 spiro atoms. The number of pyridine rings is 1.